The Morgan fingerprint density at radius 3 is 2.63 bits per heavy atom. The number of carboxylic acid groups (broad SMARTS) is 1. The van der Waals surface area contributed by atoms with Gasteiger partial charge in [-0.05, 0) is 19.1 Å². The molecule has 1 aliphatic rings. The molecule has 0 aliphatic carbocycles. The second-order valence-corrected chi connectivity index (χ2v) is 8.57. The summed E-state index contributed by atoms with van der Waals surface area (Å²) in [6, 6.07) is 3.24. The van der Waals surface area contributed by atoms with Gasteiger partial charge in [0.2, 0.25) is 0 Å². The molecule has 1 atom stereocenters. The average molecular weight is 555 g/mol. The van der Waals surface area contributed by atoms with Crippen LogP contribution in [0.3, 0.4) is 0 Å². The van der Waals surface area contributed by atoms with Crippen molar-refractivity contribution in [3.63, 3.8) is 0 Å². The highest BCUT2D eigenvalue weighted by Crippen LogP contribution is 2.33. The second kappa shape index (κ2) is 10.7. The highest BCUT2D eigenvalue weighted by Gasteiger charge is 2.38. The van der Waals surface area contributed by atoms with Crippen molar-refractivity contribution in [2.75, 3.05) is 36.9 Å². The quantitative estimate of drug-likeness (QED) is 0.345. The molecule has 4 aromatic heterocycles. The van der Waals surface area contributed by atoms with Crippen molar-refractivity contribution in [1.29, 1.82) is 0 Å². The summed E-state index contributed by atoms with van der Waals surface area (Å²) in [5.41, 5.74) is 8.34. The lowest BCUT2D eigenvalue weighted by Crippen LogP contribution is -2.39. The van der Waals surface area contributed by atoms with Crippen molar-refractivity contribution in [2.24, 2.45) is 0 Å². The number of nitrogen functional groups attached to an aromatic ring is 1. The smallest absolute Gasteiger partial charge is 0.475 e. The Bertz CT molecular complexity index is 1480. The van der Waals surface area contributed by atoms with Crippen LogP contribution in [0.1, 0.15) is 28.9 Å². The molecule has 0 bridgehead atoms. The second-order valence-electron chi connectivity index (χ2n) is 8.17. The molecule has 1 saturated heterocycles. The van der Waals surface area contributed by atoms with Crippen LogP contribution in [-0.4, -0.2) is 73.4 Å². The fraction of sp³-hybridized carbons (Fsp3) is 0.318. The van der Waals surface area contributed by atoms with Crippen molar-refractivity contribution >= 4 is 46.3 Å². The number of aliphatic carboxylic acids is 1. The SMILES string of the molecule is CC(NC(=O)c1c(N)nn2cccnc12)c1cc(Cl)c2cncn2c1N1CCOCC1.O=C(O)C(F)(F)F. The van der Waals surface area contributed by atoms with Gasteiger partial charge in [-0.2, -0.15) is 13.2 Å². The fourth-order valence-corrected chi connectivity index (χ4v) is 4.21. The van der Waals surface area contributed by atoms with Crippen LogP contribution in [0.2, 0.25) is 5.02 Å². The van der Waals surface area contributed by atoms with Crippen molar-refractivity contribution in [1.82, 2.24) is 29.3 Å². The molecule has 1 fully saturated rings. The molecule has 1 amide bonds. The molecule has 0 saturated carbocycles. The van der Waals surface area contributed by atoms with Gasteiger partial charge < -0.3 is 25.8 Å². The van der Waals surface area contributed by atoms with Gasteiger partial charge in [-0.25, -0.2) is 19.3 Å². The van der Waals surface area contributed by atoms with Crippen LogP contribution in [0.15, 0.2) is 37.1 Å². The molecule has 1 aliphatic heterocycles. The van der Waals surface area contributed by atoms with E-state index >= 15 is 0 Å². The minimum absolute atomic E-state index is 0.125. The zero-order valence-electron chi connectivity index (χ0n) is 19.8. The highest BCUT2D eigenvalue weighted by atomic mass is 35.5. The van der Waals surface area contributed by atoms with E-state index in [1.54, 1.807) is 31.0 Å². The summed E-state index contributed by atoms with van der Waals surface area (Å²) in [6.07, 6.45) is 1.67. The number of halogens is 4. The molecular formula is C22H22ClF3N8O4. The number of nitrogens with two attached hydrogens (primary N) is 1. The van der Waals surface area contributed by atoms with Gasteiger partial charge in [-0.15, -0.1) is 5.10 Å². The number of morpholine rings is 1. The van der Waals surface area contributed by atoms with Gasteiger partial charge in [0.15, 0.2) is 11.5 Å². The molecule has 202 valence electrons. The topological polar surface area (TPSA) is 152 Å². The van der Waals surface area contributed by atoms with Crippen LogP contribution in [-0.2, 0) is 9.53 Å². The highest BCUT2D eigenvalue weighted by molar-refractivity contribution is 6.34. The number of pyridine rings is 1. The zero-order chi connectivity index (χ0) is 27.6. The van der Waals surface area contributed by atoms with E-state index in [2.05, 4.69) is 25.3 Å². The van der Waals surface area contributed by atoms with Gasteiger partial charge in [0.1, 0.15) is 17.7 Å². The third-order valence-electron chi connectivity index (χ3n) is 5.67. The van der Waals surface area contributed by atoms with Crippen LogP contribution in [0.25, 0.3) is 11.2 Å². The first kappa shape index (κ1) is 26.9. The molecule has 16 heteroatoms. The van der Waals surface area contributed by atoms with Gasteiger partial charge in [0.25, 0.3) is 5.91 Å². The average Bonchev–Trinajstić information content (AvgIpc) is 3.48. The number of hydrogen-bond donors (Lipinski definition) is 3. The maximum Gasteiger partial charge on any atom is 0.490 e. The summed E-state index contributed by atoms with van der Waals surface area (Å²) >= 11 is 6.54. The summed E-state index contributed by atoms with van der Waals surface area (Å²) < 4.78 is 40.7. The number of hydrogen-bond acceptors (Lipinski definition) is 8. The monoisotopic (exact) mass is 554 g/mol. The molecule has 0 radical (unpaired) electrons. The van der Waals surface area contributed by atoms with Crippen LogP contribution in [0, 0.1) is 0 Å². The lowest BCUT2D eigenvalue weighted by Gasteiger charge is -2.32. The Morgan fingerprint density at radius 2 is 1.97 bits per heavy atom. The molecular weight excluding hydrogens is 533 g/mol. The number of imidazole rings is 1. The Morgan fingerprint density at radius 1 is 1.29 bits per heavy atom. The number of aromatic nitrogens is 5. The number of amides is 1. The predicted molar refractivity (Wildman–Crippen MR) is 130 cm³/mol. The molecule has 1 unspecified atom stereocenters. The standard InChI is InChI=1S/C20H21ClN8O2.C2HF3O2/c1-12(25-19(30)16-17(22)26-29-4-2-3-24-18(16)29)13-9-14(21)15-10-23-11-28(15)20(13)27-5-7-31-8-6-27;3-2(4,5)1(6)7/h2-4,9-12H,5-8H2,1H3,(H2,22,26)(H,25,30);(H,6,7). The Kier molecular flexibility index (Phi) is 7.59. The van der Waals surface area contributed by atoms with E-state index in [0.717, 1.165) is 30.0 Å². The molecule has 0 aromatic carbocycles. The first-order valence-electron chi connectivity index (χ1n) is 11.2. The van der Waals surface area contributed by atoms with Gasteiger partial charge in [-0.1, -0.05) is 11.6 Å². The van der Waals surface area contributed by atoms with Crippen molar-refractivity contribution in [3.8, 4) is 0 Å². The third kappa shape index (κ3) is 5.43. The lowest BCUT2D eigenvalue weighted by atomic mass is 10.1. The molecule has 0 spiro atoms. The summed E-state index contributed by atoms with van der Waals surface area (Å²) in [4.78, 5) is 32.8. The van der Waals surface area contributed by atoms with E-state index in [4.69, 9.17) is 32.0 Å². The molecule has 12 nitrogen and oxygen atoms in total. The van der Waals surface area contributed by atoms with E-state index in [-0.39, 0.29) is 23.3 Å². The molecule has 5 heterocycles. The molecule has 4 N–H and O–H groups in total. The molecule has 4 aromatic rings. The zero-order valence-corrected chi connectivity index (χ0v) is 20.6. The summed E-state index contributed by atoms with van der Waals surface area (Å²) in [5, 5.41) is 14.9. The Hall–Kier alpha value is -4.11. The predicted octanol–water partition coefficient (Wildman–Crippen LogP) is 2.57. The molecule has 38 heavy (non-hydrogen) atoms. The van der Waals surface area contributed by atoms with E-state index < -0.39 is 12.1 Å². The van der Waals surface area contributed by atoms with Crippen molar-refractivity contribution < 1.29 is 32.6 Å². The minimum atomic E-state index is -5.08. The number of ether oxygens (including phenoxy) is 1. The fourth-order valence-electron chi connectivity index (χ4n) is 3.95. The maximum absolute atomic E-state index is 13.1. The summed E-state index contributed by atoms with van der Waals surface area (Å²) in [5.74, 6) is -2.06. The van der Waals surface area contributed by atoms with Crippen LogP contribution in [0.5, 0.6) is 0 Å². The largest absolute Gasteiger partial charge is 0.490 e. The van der Waals surface area contributed by atoms with Crippen LogP contribution < -0.4 is 16.0 Å². The van der Waals surface area contributed by atoms with Crippen molar-refractivity contribution in [3.05, 3.63) is 53.2 Å². The lowest BCUT2D eigenvalue weighted by molar-refractivity contribution is -0.192. The van der Waals surface area contributed by atoms with Gasteiger partial charge >= 0.3 is 12.1 Å². The number of nitrogens with one attached hydrogen (secondary N) is 1. The van der Waals surface area contributed by atoms with Gasteiger partial charge in [-0.3, -0.25) is 9.20 Å². The maximum atomic E-state index is 13.1. The third-order valence-corrected chi connectivity index (χ3v) is 5.97. The van der Waals surface area contributed by atoms with Gasteiger partial charge in [0, 0.05) is 31.0 Å². The number of carbonyl (C=O) groups excluding carboxylic acids is 1. The first-order chi connectivity index (χ1) is 18.0. The number of nitrogens with zero attached hydrogens (tertiary/aromatic N) is 6. The summed E-state index contributed by atoms with van der Waals surface area (Å²) in [7, 11) is 0. The number of carboxylic acids is 1. The van der Waals surface area contributed by atoms with E-state index in [1.165, 1.54) is 4.52 Å². The molecule has 5 rings (SSSR count). The number of carbonyl (C=O) groups is 2. The van der Waals surface area contributed by atoms with E-state index in [0.29, 0.717) is 23.9 Å². The van der Waals surface area contributed by atoms with Gasteiger partial charge in [0.05, 0.1) is 36.0 Å². The number of alkyl halides is 3. The summed E-state index contributed by atoms with van der Waals surface area (Å²) in [6.45, 7) is 4.62. The first-order valence-corrected chi connectivity index (χ1v) is 11.5. The number of fused-ring (bicyclic) bond motifs is 2. The number of anilines is 2. The van der Waals surface area contributed by atoms with E-state index in [1.807, 2.05) is 17.4 Å². The van der Waals surface area contributed by atoms with Crippen molar-refractivity contribution in [2.45, 2.75) is 19.1 Å². The Balaban J connectivity index is 0.000000426. The van der Waals surface area contributed by atoms with Crippen LogP contribution in [0.4, 0.5) is 24.8 Å². The Labute approximate surface area is 217 Å². The normalized spacial score (nSPS) is 14.7. The van der Waals surface area contributed by atoms with E-state index in [9.17, 15) is 18.0 Å². The minimum Gasteiger partial charge on any atom is -0.475 e. The van der Waals surface area contributed by atoms with Crippen LogP contribution >= 0.6 is 11.6 Å². The number of rotatable bonds is 4.